The van der Waals surface area contributed by atoms with E-state index in [0.29, 0.717) is 0 Å². The van der Waals surface area contributed by atoms with Gasteiger partial charge >= 0.3 is 0 Å². The third-order valence-electron chi connectivity index (χ3n) is 10.9. The Balaban J connectivity index is 1.35. The van der Waals surface area contributed by atoms with Crippen molar-refractivity contribution in [3.05, 3.63) is 224 Å². The van der Waals surface area contributed by atoms with Crippen LogP contribution in [0.25, 0.3) is 76.1 Å². The summed E-state index contributed by atoms with van der Waals surface area (Å²) in [4.78, 5) is 2.44. The van der Waals surface area contributed by atoms with Gasteiger partial charge in [0.1, 0.15) is 0 Å². The van der Waals surface area contributed by atoms with E-state index >= 15 is 0 Å². The van der Waals surface area contributed by atoms with Crippen molar-refractivity contribution in [1.29, 1.82) is 0 Å². The number of benzene rings is 9. The third-order valence-corrected chi connectivity index (χ3v) is 10.9. The zero-order valence-corrected chi connectivity index (χ0v) is 30.3. The molecule has 1 nitrogen and oxygen atoms in total. The molecule has 55 heavy (non-hydrogen) atoms. The number of hydrogen-bond donors (Lipinski definition) is 0. The van der Waals surface area contributed by atoms with Gasteiger partial charge in [0.2, 0.25) is 0 Å². The van der Waals surface area contributed by atoms with E-state index < -0.39 is 0 Å². The smallest absolute Gasteiger partial charge is 0.0546 e. The summed E-state index contributed by atoms with van der Waals surface area (Å²) >= 11 is 0. The van der Waals surface area contributed by atoms with Crippen LogP contribution in [0.2, 0.25) is 0 Å². The molecule has 0 aliphatic carbocycles. The Morgan fingerprint density at radius 1 is 0.200 bits per heavy atom. The first-order chi connectivity index (χ1) is 27.3. The lowest BCUT2D eigenvalue weighted by molar-refractivity contribution is 1.30. The summed E-state index contributed by atoms with van der Waals surface area (Å²) in [6.07, 6.45) is 0. The van der Waals surface area contributed by atoms with Crippen molar-refractivity contribution in [2.45, 2.75) is 0 Å². The van der Waals surface area contributed by atoms with Crippen LogP contribution in [0.5, 0.6) is 0 Å². The second kappa shape index (κ2) is 14.0. The van der Waals surface area contributed by atoms with Gasteiger partial charge in [-0.3, -0.25) is 0 Å². The lowest BCUT2D eigenvalue weighted by Gasteiger charge is -2.28. The molecule has 0 bridgehead atoms. The van der Waals surface area contributed by atoms with Gasteiger partial charge in [-0.2, -0.15) is 0 Å². The molecule has 1 heteroatoms. The number of hydrogen-bond acceptors (Lipinski definition) is 1. The summed E-state index contributed by atoms with van der Waals surface area (Å²) in [5, 5.41) is 12.1. The van der Waals surface area contributed by atoms with E-state index in [2.05, 4.69) is 229 Å². The van der Waals surface area contributed by atoms with Crippen LogP contribution in [-0.4, -0.2) is 0 Å². The lowest BCUT2D eigenvalue weighted by Crippen LogP contribution is -2.10. The number of anilines is 3. The Bertz CT molecular complexity index is 2890. The molecule has 0 N–H and O–H groups in total. The number of nitrogens with zero attached hydrogens (tertiary/aromatic N) is 1. The molecule has 0 amide bonds. The van der Waals surface area contributed by atoms with Gasteiger partial charge in [-0.25, -0.2) is 0 Å². The van der Waals surface area contributed by atoms with Gasteiger partial charge in [-0.05, 0) is 101 Å². The van der Waals surface area contributed by atoms with Gasteiger partial charge < -0.3 is 4.90 Å². The predicted molar refractivity (Wildman–Crippen MR) is 237 cm³/mol. The average Bonchev–Trinajstić information content (AvgIpc) is 3.27. The van der Waals surface area contributed by atoms with Gasteiger partial charge in [0, 0.05) is 16.8 Å². The largest absolute Gasteiger partial charge is 0.310 e. The van der Waals surface area contributed by atoms with Crippen molar-refractivity contribution in [3.63, 3.8) is 0 Å². The molecule has 0 heterocycles. The van der Waals surface area contributed by atoms with Crippen LogP contribution >= 0.6 is 0 Å². The van der Waals surface area contributed by atoms with Crippen LogP contribution in [0.3, 0.4) is 0 Å². The maximum atomic E-state index is 2.44. The Kier molecular flexibility index (Phi) is 8.24. The second-order valence-corrected chi connectivity index (χ2v) is 14.0. The van der Waals surface area contributed by atoms with Gasteiger partial charge in [0.15, 0.2) is 0 Å². The van der Waals surface area contributed by atoms with Crippen LogP contribution in [0.15, 0.2) is 224 Å². The molecule has 0 aliphatic heterocycles. The fourth-order valence-corrected chi connectivity index (χ4v) is 8.32. The van der Waals surface area contributed by atoms with E-state index in [1.807, 2.05) is 0 Å². The second-order valence-electron chi connectivity index (χ2n) is 14.0. The summed E-state index contributed by atoms with van der Waals surface area (Å²) < 4.78 is 0. The SMILES string of the molecule is c1ccc(-c2ccc(N(c3ccc(-c4ccccc4)cc3)c3cccc4c5ccccc5c5ccccc5c5ccccc5c5ccccc5c34)cc2)cc1. The molecule has 10 aromatic rings. The molecule has 258 valence electrons. The topological polar surface area (TPSA) is 3.24 Å². The van der Waals surface area contributed by atoms with Crippen LogP contribution < -0.4 is 4.90 Å². The molecule has 0 fully saturated rings. The quantitative estimate of drug-likeness (QED) is 0.173. The molecule has 10 aromatic carbocycles. The average molecular weight is 700 g/mol. The van der Waals surface area contributed by atoms with Crippen molar-refractivity contribution >= 4 is 70.9 Å². The minimum atomic E-state index is 1.09. The van der Waals surface area contributed by atoms with Gasteiger partial charge in [-0.1, -0.05) is 194 Å². The van der Waals surface area contributed by atoms with Gasteiger partial charge in [0.25, 0.3) is 0 Å². The summed E-state index contributed by atoms with van der Waals surface area (Å²) in [5.74, 6) is 0. The highest BCUT2D eigenvalue weighted by atomic mass is 15.1. The molecule has 0 saturated carbocycles. The first-order valence-electron chi connectivity index (χ1n) is 18.9. The molecule has 0 aliphatic rings. The van der Waals surface area contributed by atoms with Crippen molar-refractivity contribution in [2.24, 2.45) is 0 Å². The molecule has 0 saturated heterocycles. The highest BCUT2D eigenvalue weighted by molar-refractivity contribution is 6.28. The van der Waals surface area contributed by atoms with Crippen molar-refractivity contribution in [2.75, 3.05) is 4.90 Å². The summed E-state index contributed by atoms with van der Waals surface area (Å²) in [7, 11) is 0. The molecule has 10 rings (SSSR count). The zero-order valence-electron chi connectivity index (χ0n) is 30.3. The molecular weight excluding hydrogens is 663 g/mol. The Morgan fingerprint density at radius 3 is 0.836 bits per heavy atom. The maximum absolute atomic E-state index is 2.44. The fourth-order valence-electron chi connectivity index (χ4n) is 8.32. The first kappa shape index (κ1) is 32.4. The van der Waals surface area contributed by atoms with Crippen LogP contribution in [0.4, 0.5) is 17.1 Å². The molecule has 0 radical (unpaired) electrons. The molecule has 0 aromatic heterocycles. The van der Waals surface area contributed by atoms with Crippen LogP contribution in [-0.2, 0) is 0 Å². The third kappa shape index (κ3) is 5.84. The fraction of sp³-hybridized carbons (Fsp3) is 0. The summed E-state index contributed by atoms with van der Waals surface area (Å²) in [6.45, 7) is 0. The maximum Gasteiger partial charge on any atom is 0.0546 e. The normalized spacial score (nSPS) is 11.3. The minimum absolute atomic E-state index is 1.09. The van der Waals surface area contributed by atoms with Crippen molar-refractivity contribution in [1.82, 2.24) is 0 Å². The van der Waals surface area contributed by atoms with E-state index in [4.69, 9.17) is 0 Å². The summed E-state index contributed by atoms with van der Waals surface area (Å²) in [5.41, 5.74) is 8.09. The van der Waals surface area contributed by atoms with E-state index in [1.54, 1.807) is 0 Å². The molecule has 0 spiro atoms. The van der Waals surface area contributed by atoms with Crippen molar-refractivity contribution < 1.29 is 0 Å². The Hall–Kier alpha value is -7.22. The number of fused-ring (bicyclic) bond motifs is 10. The van der Waals surface area contributed by atoms with E-state index in [0.717, 1.165) is 17.1 Å². The van der Waals surface area contributed by atoms with Gasteiger partial charge in [-0.15, -0.1) is 0 Å². The highest BCUT2D eigenvalue weighted by Gasteiger charge is 2.18. The highest BCUT2D eigenvalue weighted by Crippen LogP contribution is 2.44. The number of rotatable bonds is 5. The minimum Gasteiger partial charge on any atom is -0.310 e. The monoisotopic (exact) mass is 699 g/mol. The van der Waals surface area contributed by atoms with Crippen LogP contribution in [0.1, 0.15) is 0 Å². The van der Waals surface area contributed by atoms with E-state index in [-0.39, 0.29) is 0 Å². The first-order valence-corrected chi connectivity index (χ1v) is 18.9. The summed E-state index contributed by atoms with van der Waals surface area (Å²) in [6, 6.07) is 81.7. The predicted octanol–water partition coefficient (Wildman–Crippen LogP) is 15.4. The van der Waals surface area contributed by atoms with Crippen molar-refractivity contribution in [3.8, 4) is 22.3 Å². The van der Waals surface area contributed by atoms with E-state index in [1.165, 1.54) is 76.1 Å². The zero-order chi connectivity index (χ0) is 36.6. The van der Waals surface area contributed by atoms with Gasteiger partial charge in [0.05, 0.1) is 5.69 Å². The standard InChI is InChI=1S/C54H37N/c1-3-16-38(17-4-1)40-30-34-42(35-31-40)55(43-36-32-41(33-37-43)39-18-5-2-6-19-39)53-29-15-28-52-50-25-12-11-24-48(50)46-21-8-7-20-44(46)45-22-9-10-23-47(45)49-26-13-14-27-51(49)54(52)53/h1-37H. The Labute approximate surface area is 321 Å². The molecular formula is C54H37N. The molecule has 0 unspecified atom stereocenters. The van der Waals surface area contributed by atoms with Crippen LogP contribution in [0, 0.1) is 0 Å². The lowest BCUT2D eigenvalue weighted by atomic mass is 9.93. The molecule has 0 atom stereocenters. The Morgan fingerprint density at radius 2 is 0.473 bits per heavy atom. The van der Waals surface area contributed by atoms with E-state index in [9.17, 15) is 0 Å².